The third-order valence-corrected chi connectivity index (χ3v) is 3.31. The Labute approximate surface area is 131 Å². The molecule has 0 fully saturated rings. The summed E-state index contributed by atoms with van der Waals surface area (Å²) in [7, 11) is 0. The molecule has 3 nitrogen and oxygen atoms in total. The summed E-state index contributed by atoms with van der Waals surface area (Å²) in [6, 6.07) is 11.7. The zero-order chi connectivity index (χ0) is 15.1. The van der Waals surface area contributed by atoms with E-state index in [4.69, 9.17) is 16.3 Å². The minimum absolute atomic E-state index is 0.492. The van der Waals surface area contributed by atoms with E-state index in [2.05, 4.69) is 17.2 Å². The van der Waals surface area contributed by atoms with Crippen LogP contribution in [0.2, 0.25) is 5.02 Å². The number of aromatic nitrogens is 1. The lowest BCUT2D eigenvalue weighted by Crippen LogP contribution is -2.16. The number of hydrogen-bond acceptors (Lipinski definition) is 3. The van der Waals surface area contributed by atoms with Gasteiger partial charge in [-0.15, -0.1) is 0 Å². The zero-order valence-electron chi connectivity index (χ0n) is 12.5. The highest BCUT2D eigenvalue weighted by Crippen LogP contribution is 2.19. The molecule has 0 spiro atoms. The lowest BCUT2D eigenvalue weighted by molar-refractivity contribution is 0.300. The second-order valence-electron chi connectivity index (χ2n) is 4.99. The Hall–Kier alpha value is -1.58. The van der Waals surface area contributed by atoms with Gasteiger partial charge in [0, 0.05) is 17.3 Å². The van der Waals surface area contributed by atoms with Crippen LogP contribution < -0.4 is 10.1 Å². The van der Waals surface area contributed by atoms with Crippen LogP contribution in [0, 0.1) is 6.92 Å². The van der Waals surface area contributed by atoms with Crippen LogP contribution in [-0.4, -0.2) is 11.5 Å². The van der Waals surface area contributed by atoms with Crippen LogP contribution in [0.5, 0.6) is 5.75 Å². The molecule has 0 aliphatic heterocycles. The highest BCUT2D eigenvalue weighted by molar-refractivity contribution is 6.30. The van der Waals surface area contributed by atoms with Crippen molar-refractivity contribution in [3.05, 3.63) is 58.4 Å². The third kappa shape index (κ3) is 5.03. The van der Waals surface area contributed by atoms with E-state index >= 15 is 0 Å². The van der Waals surface area contributed by atoms with Crippen LogP contribution in [0.25, 0.3) is 0 Å². The van der Waals surface area contributed by atoms with Crippen molar-refractivity contribution < 1.29 is 4.74 Å². The van der Waals surface area contributed by atoms with Crippen LogP contribution in [0.4, 0.5) is 0 Å². The maximum atomic E-state index is 5.99. The van der Waals surface area contributed by atoms with E-state index in [1.54, 1.807) is 0 Å². The highest BCUT2D eigenvalue weighted by Gasteiger charge is 2.06. The fraction of sp³-hybridized carbons (Fsp3) is 0.353. The summed E-state index contributed by atoms with van der Waals surface area (Å²) in [5.41, 5.74) is 3.00. The molecular weight excluding hydrogens is 284 g/mol. The molecule has 0 atom stereocenters. The summed E-state index contributed by atoms with van der Waals surface area (Å²) < 4.78 is 5.90. The molecule has 0 bridgehead atoms. The van der Waals surface area contributed by atoms with Crippen molar-refractivity contribution in [1.82, 2.24) is 10.3 Å². The SMILES string of the molecule is CCCNCc1nc(C)ccc1OCc1cccc(Cl)c1. The molecule has 1 aromatic heterocycles. The van der Waals surface area contributed by atoms with Gasteiger partial charge in [-0.3, -0.25) is 4.98 Å². The van der Waals surface area contributed by atoms with Crippen LogP contribution in [0.15, 0.2) is 36.4 Å². The normalized spacial score (nSPS) is 10.6. The standard InChI is InChI=1S/C17H21ClN2O/c1-3-9-19-11-16-17(8-7-13(2)20-16)21-12-14-5-4-6-15(18)10-14/h4-8,10,19H,3,9,11-12H2,1-2H3. The number of rotatable bonds is 7. The summed E-state index contributed by atoms with van der Waals surface area (Å²) in [5.74, 6) is 0.823. The molecular formula is C17H21ClN2O. The van der Waals surface area contributed by atoms with Crippen molar-refractivity contribution in [2.75, 3.05) is 6.54 Å². The van der Waals surface area contributed by atoms with Crippen molar-refractivity contribution in [2.24, 2.45) is 0 Å². The van der Waals surface area contributed by atoms with Crippen LogP contribution >= 0.6 is 11.6 Å². The zero-order valence-corrected chi connectivity index (χ0v) is 13.3. The number of aryl methyl sites for hydroxylation is 1. The molecule has 0 saturated carbocycles. The van der Waals surface area contributed by atoms with E-state index in [0.717, 1.165) is 47.2 Å². The Morgan fingerprint density at radius 3 is 2.86 bits per heavy atom. The maximum Gasteiger partial charge on any atom is 0.142 e. The summed E-state index contributed by atoms with van der Waals surface area (Å²) in [5, 5.41) is 4.09. The van der Waals surface area contributed by atoms with Gasteiger partial charge in [-0.05, 0) is 49.7 Å². The van der Waals surface area contributed by atoms with Crippen molar-refractivity contribution in [2.45, 2.75) is 33.4 Å². The van der Waals surface area contributed by atoms with Crippen LogP contribution in [0.1, 0.15) is 30.3 Å². The first-order chi connectivity index (χ1) is 10.2. The summed E-state index contributed by atoms with van der Waals surface area (Å²) >= 11 is 5.99. The molecule has 4 heteroatoms. The first kappa shape index (κ1) is 15.8. The van der Waals surface area contributed by atoms with Gasteiger partial charge in [0.15, 0.2) is 0 Å². The minimum atomic E-state index is 0.492. The number of hydrogen-bond donors (Lipinski definition) is 1. The molecule has 1 N–H and O–H groups in total. The van der Waals surface area contributed by atoms with Crippen molar-refractivity contribution in [1.29, 1.82) is 0 Å². The first-order valence-electron chi connectivity index (χ1n) is 7.23. The molecule has 2 aromatic rings. The average molecular weight is 305 g/mol. The van der Waals surface area contributed by atoms with Crippen molar-refractivity contribution >= 4 is 11.6 Å². The van der Waals surface area contributed by atoms with Gasteiger partial charge < -0.3 is 10.1 Å². The van der Waals surface area contributed by atoms with Gasteiger partial charge in [0.05, 0.1) is 5.69 Å². The summed E-state index contributed by atoms with van der Waals surface area (Å²) in [4.78, 5) is 4.56. The van der Waals surface area contributed by atoms with E-state index in [9.17, 15) is 0 Å². The second-order valence-corrected chi connectivity index (χ2v) is 5.43. The Kier molecular flexibility index (Phi) is 6.03. The summed E-state index contributed by atoms with van der Waals surface area (Å²) in [6.07, 6.45) is 1.10. The van der Waals surface area contributed by atoms with Gasteiger partial charge in [-0.25, -0.2) is 0 Å². The monoisotopic (exact) mass is 304 g/mol. The van der Waals surface area contributed by atoms with Crippen molar-refractivity contribution in [3.63, 3.8) is 0 Å². The van der Waals surface area contributed by atoms with Gasteiger partial charge in [0.2, 0.25) is 0 Å². The minimum Gasteiger partial charge on any atom is -0.487 e. The number of benzene rings is 1. The molecule has 21 heavy (non-hydrogen) atoms. The van der Waals surface area contributed by atoms with E-state index in [0.29, 0.717) is 6.61 Å². The fourth-order valence-corrected chi connectivity index (χ4v) is 2.24. The average Bonchev–Trinajstić information content (AvgIpc) is 2.47. The molecule has 0 unspecified atom stereocenters. The highest BCUT2D eigenvalue weighted by atomic mass is 35.5. The lowest BCUT2D eigenvalue weighted by atomic mass is 10.2. The first-order valence-corrected chi connectivity index (χ1v) is 7.61. The van der Waals surface area contributed by atoms with E-state index in [1.807, 2.05) is 43.3 Å². The molecule has 1 aromatic carbocycles. The van der Waals surface area contributed by atoms with E-state index in [1.165, 1.54) is 0 Å². The summed E-state index contributed by atoms with van der Waals surface area (Å²) in [6.45, 7) is 6.33. The molecule has 0 radical (unpaired) electrons. The van der Waals surface area contributed by atoms with E-state index < -0.39 is 0 Å². The number of nitrogens with zero attached hydrogens (tertiary/aromatic N) is 1. The van der Waals surface area contributed by atoms with Gasteiger partial charge in [-0.1, -0.05) is 30.7 Å². The fourth-order valence-electron chi connectivity index (χ4n) is 2.03. The second kappa shape index (κ2) is 8.01. The largest absolute Gasteiger partial charge is 0.487 e. The topological polar surface area (TPSA) is 34.2 Å². The molecule has 1 heterocycles. The molecule has 2 rings (SSSR count). The Balaban J connectivity index is 2.04. The quantitative estimate of drug-likeness (QED) is 0.781. The van der Waals surface area contributed by atoms with Crippen molar-refractivity contribution in [3.8, 4) is 5.75 Å². The Bertz CT molecular complexity index is 587. The number of nitrogens with one attached hydrogen (secondary N) is 1. The Morgan fingerprint density at radius 2 is 2.10 bits per heavy atom. The van der Waals surface area contributed by atoms with Gasteiger partial charge in [0.25, 0.3) is 0 Å². The molecule has 0 saturated heterocycles. The van der Waals surface area contributed by atoms with Gasteiger partial charge in [-0.2, -0.15) is 0 Å². The van der Waals surface area contributed by atoms with Gasteiger partial charge in [0.1, 0.15) is 12.4 Å². The smallest absolute Gasteiger partial charge is 0.142 e. The molecule has 0 aliphatic rings. The molecule has 112 valence electrons. The van der Waals surface area contributed by atoms with Crippen LogP contribution in [-0.2, 0) is 13.2 Å². The van der Waals surface area contributed by atoms with E-state index in [-0.39, 0.29) is 0 Å². The molecule has 0 aliphatic carbocycles. The predicted octanol–water partition coefficient (Wildman–Crippen LogP) is 4.12. The number of pyridine rings is 1. The molecule has 0 amide bonds. The maximum absolute atomic E-state index is 5.99. The van der Waals surface area contributed by atoms with Crippen LogP contribution in [0.3, 0.4) is 0 Å². The lowest BCUT2D eigenvalue weighted by Gasteiger charge is -2.12. The third-order valence-electron chi connectivity index (χ3n) is 3.07. The number of halogens is 1. The van der Waals surface area contributed by atoms with Gasteiger partial charge >= 0.3 is 0 Å². The Morgan fingerprint density at radius 1 is 1.24 bits per heavy atom. The number of ether oxygens (including phenoxy) is 1. The predicted molar refractivity (Wildman–Crippen MR) is 86.8 cm³/mol.